The van der Waals surface area contributed by atoms with Crippen LogP contribution in [0.1, 0.15) is 45.6 Å². The van der Waals surface area contributed by atoms with E-state index in [-0.39, 0.29) is 18.3 Å². The van der Waals surface area contributed by atoms with Gasteiger partial charge in [0, 0.05) is 25.1 Å². The topological polar surface area (TPSA) is 49.9 Å². The number of rotatable bonds is 7. The van der Waals surface area contributed by atoms with Gasteiger partial charge in [-0.15, -0.1) is 6.58 Å². The summed E-state index contributed by atoms with van der Waals surface area (Å²) in [6.07, 6.45) is 4.30. The molecule has 0 spiro atoms. The summed E-state index contributed by atoms with van der Waals surface area (Å²) in [7, 11) is 3.32. The third kappa shape index (κ3) is 13.0. The molecule has 1 aromatic carbocycles. The summed E-state index contributed by atoms with van der Waals surface area (Å²) in [5, 5.41) is 0. The standard InChI is InChI=1S/C15H28N2O3.C7H6BrF/c1-7-8-9-10-11-16(5)13(18)12-17(6)14(19)20-15(2,3)4;1-5-4-6(9)2-3-7(5)8/h7H,1,8-12H2,2-6H3;2-4H,1H3. The predicted molar refractivity (Wildman–Crippen MR) is 119 cm³/mol. The van der Waals surface area contributed by atoms with Gasteiger partial charge in [-0.1, -0.05) is 22.0 Å². The summed E-state index contributed by atoms with van der Waals surface area (Å²) >= 11 is 3.26. The largest absolute Gasteiger partial charge is 0.444 e. The molecule has 0 fully saturated rings. The Labute approximate surface area is 183 Å². The van der Waals surface area contributed by atoms with Gasteiger partial charge in [0.1, 0.15) is 18.0 Å². The van der Waals surface area contributed by atoms with Gasteiger partial charge in [-0.25, -0.2) is 9.18 Å². The molecular formula is C22H34BrFN2O3. The van der Waals surface area contributed by atoms with Crippen molar-refractivity contribution in [2.45, 2.75) is 52.6 Å². The van der Waals surface area contributed by atoms with Gasteiger partial charge in [0.05, 0.1) is 0 Å². The summed E-state index contributed by atoms with van der Waals surface area (Å²) in [4.78, 5) is 26.6. The number of hydrogen-bond acceptors (Lipinski definition) is 3. The van der Waals surface area contributed by atoms with Gasteiger partial charge >= 0.3 is 6.09 Å². The van der Waals surface area contributed by atoms with Crippen molar-refractivity contribution in [2.24, 2.45) is 0 Å². The van der Waals surface area contributed by atoms with Crippen molar-refractivity contribution < 1.29 is 18.7 Å². The van der Waals surface area contributed by atoms with Gasteiger partial charge in [0.15, 0.2) is 0 Å². The number of ether oxygens (including phenoxy) is 1. The molecule has 0 heterocycles. The summed E-state index contributed by atoms with van der Waals surface area (Å²) in [5.41, 5.74) is 0.375. The molecule has 0 atom stereocenters. The fourth-order valence-corrected chi connectivity index (χ4v) is 2.35. The second-order valence-corrected chi connectivity index (χ2v) is 8.68. The lowest BCUT2D eigenvalue weighted by atomic mass is 10.2. The Morgan fingerprint density at radius 3 is 2.31 bits per heavy atom. The maximum Gasteiger partial charge on any atom is 0.410 e. The maximum atomic E-state index is 12.3. The summed E-state index contributed by atoms with van der Waals surface area (Å²) in [6.45, 7) is 11.6. The lowest BCUT2D eigenvalue weighted by Crippen LogP contribution is -2.41. The molecule has 0 aromatic heterocycles. The highest BCUT2D eigenvalue weighted by molar-refractivity contribution is 9.10. The number of amides is 2. The normalized spacial score (nSPS) is 10.5. The zero-order valence-corrected chi connectivity index (χ0v) is 20.0. The number of benzene rings is 1. The molecule has 0 aliphatic carbocycles. The highest BCUT2D eigenvalue weighted by Crippen LogP contribution is 2.15. The number of likely N-dealkylation sites (N-methyl/N-ethyl adjacent to an activating group) is 2. The van der Waals surface area contributed by atoms with Gasteiger partial charge in [0.25, 0.3) is 0 Å². The number of halogens is 2. The van der Waals surface area contributed by atoms with E-state index in [1.807, 2.05) is 13.0 Å². The van der Waals surface area contributed by atoms with E-state index in [1.54, 1.807) is 45.8 Å². The van der Waals surface area contributed by atoms with Crippen molar-refractivity contribution in [3.63, 3.8) is 0 Å². The second-order valence-electron chi connectivity index (χ2n) is 7.83. The molecular weight excluding hydrogens is 439 g/mol. The third-order valence-electron chi connectivity index (χ3n) is 3.78. The zero-order valence-electron chi connectivity index (χ0n) is 18.4. The zero-order chi connectivity index (χ0) is 22.6. The minimum atomic E-state index is -0.551. The SMILES string of the molecule is C=CCCCCN(C)C(=O)CN(C)C(=O)OC(C)(C)C.Cc1cc(F)ccc1Br. The smallest absolute Gasteiger partial charge is 0.410 e. The van der Waals surface area contributed by atoms with Crippen LogP contribution in [0.2, 0.25) is 0 Å². The van der Waals surface area contributed by atoms with Gasteiger partial charge in [0.2, 0.25) is 5.91 Å². The van der Waals surface area contributed by atoms with E-state index in [4.69, 9.17) is 4.74 Å². The Balaban J connectivity index is 0.000000717. The lowest BCUT2D eigenvalue weighted by Gasteiger charge is -2.26. The van der Waals surface area contributed by atoms with Gasteiger partial charge in [-0.2, -0.15) is 0 Å². The molecule has 0 N–H and O–H groups in total. The van der Waals surface area contributed by atoms with Crippen LogP contribution < -0.4 is 0 Å². The fourth-order valence-electron chi connectivity index (χ4n) is 2.10. The van der Waals surface area contributed by atoms with Crippen molar-refractivity contribution in [2.75, 3.05) is 27.2 Å². The van der Waals surface area contributed by atoms with Crippen LogP contribution in [-0.4, -0.2) is 54.6 Å². The van der Waals surface area contributed by atoms with Crippen LogP contribution in [0.3, 0.4) is 0 Å². The van der Waals surface area contributed by atoms with Crippen LogP contribution in [0.15, 0.2) is 35.3 Å². The monoisotopic (exact) mass is 472 g/mol. The average Bonchev–Trinajstić information content (AvgIpc) is 2.61. The van der Waals surface area contributed by atoms with Crippen LogP contribution in [0, 0.1) is 12.7 Å². The van der Waals surface area contributed by atoms with Crippen LogP contribution in [-0.2, 0) is 9.53 Å². The molecule has 0 aliphatic heterocycles. The van der Waals surface area contributed by atoms with E-state index >= 15 is 0 Å². The molecule has 29 heavy (non-hydrogen) atoms. The van der Waals surface area contributed by atoms with E-state index in [0.29, 0.717) is 6.54 Å². The van der Waals surface area contributed by atoms with E-state index in [2.05, 4.69) is 22.5 Å². The van der Waals surface area contributed by atoms with Crippen molar-refractivity contribution in [3.05, 3.63) is 46.7 Å². The molecule has 0 aliphatic rings. The van der Waals surface area contributed by atoms with Crippen molar-refractivity contribution in [1.29, 1.82) is 0 Å². The molecule has 7 heteroatoms. The van der Waals surface area contributed by atoms with Crippen LogP contribution >= 0.6 is 15.9 Å². The van der Waals surface area contributed by atoms with E-state index < -0.39 is 11.7 Å². The predicted octanol–water partition coefficient (Wildman–Crippen LogP) is 5.56. The van der Waals surface area contributed by atoms with Crippen molar-refractivity contribution in [3.8, 4) is 0 Å². The lowest BCUT2D eigenvalue weighted by molar-refractivity contribution is -0.130. The van der Waals surface area contributed by atoms with Crippen LogP contribution in [0.5, 0.6) is 0 Å². The molecule has 1 aromatic rings. The van der Waals surface area contributed by atoms with Crippen molar-refractivity contribution in [1.82, 2.24) is 9.80 Å². The Hall–Kier alpha value is -1.89. The minimum Gasteiger partial charge on any atom is -0.444 e. The third-order valence-corrected chi connectivity index (χ3v) is 4.66. The first-order valence-corrected chi connectivity index (χ1v) is 10.4. The molecule has 0 saturated heterocycles. The van der Waals surface area contributed by atoms with Gasteiger partial charge in [-0.3, -0.25) is 4.79 Å². The van der Waals surface area contributed by atoms with Gasteiger partial charge in [-0.05, 0) is 70.7 Å². The Kier molecular flexibility index (Phi) is 12.5. The van der Waals surface area contributed by atoms with E-state index in [9.17, 15) is 14.0 Å². The molecule has 0 bridgehead atoms. The Morgan fingerprint density at radius 2 is 1.83 bits per heavy atom. The number of carbonyl (C=O) groups excluding carboxylic acids is 2. The molecule has 0 radical (unpaired) electrons. The Morgan fingerprint density at radius 1 is 1.21 bits per heavy atom. The first-order chi connectivity index (χ1) is 13.4. The van der Waals surface area contributed by atoms with Crippen LogP contribution in [0.4, 0.5) is 9.18 Å². The molecule has 0 saturated carbocycles. The number of carbonyl (C=O) groups is 2. The fraction of sp³-hybridized carbons (Fsp3) is 0.545. The maximum absolute atomic E-state index is 12.3. The average molecular weight is 473 g/mol. The van der Waals surface area contributed by atoms with E-state index in [0.717, 1.165) is 29.3 Å². The number of unbranched alkanes of at least 4 members (excludes halogenated alkanes) is 2. The molecule has 0 unspecified atom stereocenters. The summed E-state index contributed by atoms with van der Waals surface area (Å²) < 4.78 is 18.5. The quantitative estimate of drug-likeness (QED) is 0.385. The number of allylic oxidation sites excluding steroid dienone is 1. The minimum absolute atomic E-state index is 0.0346. The molecule has 164 valence electrons. The number of aryl methyl sites for hydroxylation is 1. The highest BCUT2D eigenvalue weighted by atomic mass is 79.9. The molecule has 2 amide bonds. The van der Waals surface area contributed by atoms with Gasteiger partial charge < -0.3 is 14.5 Å². The number of hydrogen-bond donors (Lipinski definition) is 0. The first-order valence-electron chi connectivity index (χ1n) is 9.58. The molecule has 5 nitrogen and oxygen atoms in total. The molecule has 1 rings (SSSR count). The van der Waals surface area contributed by atoms with E-state index in [1.165, 1.54) is 17.0 Å². The number of nitrogens with zero attached hydrogens (tertiary/aromatic N) is 2. The van der Waals surface area contributed by atoms with Crippen molar-refractivity contribution >= 4 is 27.9 Å². The second kappa shape index (κ2) is 13.4. The summed E-state index contributed by atoms with van der Waals surface area (Å²) in [6, 6.07) is 4.62. The highest BCUT2D eigenvalue weighted by Gasteiger charge is 2.22. The summed E-state index contributed by atoms with van der Waals surface area (Å²) in [5.74, 6) is -0.271. The van der Waals surface area contributed by atoms with Crippen LogP contribution in [0.25, 0.3) is 0 Å². The first kappa shape index (κ1) is 27.1. The Bertz CT molecular complexity index is 675.